The Balaban J connectivity index is 2.47. The molecule has 146 valence electrons. The average Bonchev–Trinajstić information content (AvgIpc) is 2.60. The Hall–Kier alpha value is -2.34. The molecule has 0 N–H and O–H groups in total. The molecule has 0 fully saturated rings. The minimum Gasteiger partial charge on any atom is -0.311 e. The molecular weight excluding hydrogens is 360 g/mol. The van der Waals surface area contributed by atoms with Gasteiger partial charge in [-0.1, -0.05) is 50.2 Å². The number of carbonyl (C=O) groups is 1. The van der Waals surface area contributed by atoms with Gasteiger partial charge in [-0.2, -0.15) is 0 Å². The van der Waals surface area contributed by atoms with Crippen LogP contribution in [0.25, 0.3) is 0 Å². The van der Waals surface area contributed by atoms with Gasteiger partial charge in [-0.05, 0) is 43.0 Å². The van der Waals surface area contributed by atoms with Crippen LogP contribution in [0.5, 0.6) is 0 Å². The topological polar surface area (TPSA) is 57.7 Å². The van der Waals surface area contributed by atoms with Gasteiger partial charge in [0.15, 0.2) is 0 Å². The zero-order valence-corrected chi connectivity index (χ0v) is 17.5. The lowest BCUT2D eigenvalue weighted by Crippen LogP contribution is -2.43. The molecule has 0 aliphatic heterocycles. The van der Waals surface area contributed by atoms with E-state index in [0.717, 1.165) is 23.1 Å². The van der Waals surface area contributed by atoms with Crippen molar-refractivity contribution in [3.8, 4) is 0 Å². The van der Waals surface area contributed by atoms with Gasteiger partial charge >= 0.3 is 0 Å². The van der Waals surface area contributed by atoms with Crippen LogP contribution in [-0.2, 0) is 14.8 Å². The van der Waals surface area contributed by atoms with Crippen molar-refractivity contribution in [1.82, 2.24) is 0 Å². The van der Waals surface area contributed by atoms with Crippen molar-refractivity contribution in [2.75, 3.05) is 28.6 Å². The number of hydrogen-bond acceptors (Lipinski definition) is 3. The maximum absolute atomic E-state index is 13.0. The van der Waals surface area contributed by atoms with Gasteiger partial charge in [0.1, 0.15) is 6.54 Å². The highest BCUT2D eigenvalue weighted by atomic mass is 32.2. The Morgan fingerprint density at radius 3 is 2.19 bits per heavy atom. The number of sulfonamides is 1. The number of para-hydroxylation sites is 2. The minimum atomic E-state index is -3.63. The number of aryl methyl sites for hydroxylation is 1. The lowest BCUT2D eigenvalue weighted by molar-refractivity contribution is -0.117. The van der Waals surface area contributed by atoms with Crippen molar-refractivity contribution in [2.45, 2.75) is 33.6 Å². The molecule has 0 heterocycles. The second-order valence-corrected chi connectivity index (χ2v) is 8.82. The second-order valence-electron chi connectivity index (χ2n) is 6.91. The Morgan fingerprint density at radius 2 is 1.67 bits per heavy atom. The Labute approximate surface area is 162 Å². The summed E-state index contributed by atoms with van der Waals surface area (Å²) >= 11 is 0. The summed E-state index contributed by atoms with van der Waals surface area (Å²) in [7, 11) is -3.63. The predicted octanol–water partition coefficient (Wildman–Crippen LogP) is 3.94. The maximum atomic E-state index is 13.0. The summed E-state index contributed by atoms with van der Waals surface area (Å²) in [6.07, 6.45) is 1.15. The van der Waals surface area contributed by atoms with Crippen LogP contribution in [-0.4, -0.2) is 33.7 Å². The molecule has 6 heteroatoms. The van der Waals surface area contributed by atoms with Gasteiger partial charge in [-0.3, -0.25) is 9.10 Å². The molecule has 0 saturated carbocycles. The van der Waals surface area contributed by atoms with Gasteiger partial charge in [0, 0.05) is 12.2 Å². The monoisotopic (exact) mass is 388 g/mol. The molecule has 0 aliphatic carbocycles. The van der Waals surface area contributed by atoms with E-state index in [2.05, 4.69) is 0 Å². The first-order valence-electron chi connectivity index (χ1n) is 9.09. The minimum absolute atomic E-state index is 0.135. The van der Waals surface area contributed by atoms with E-state index in [1.807, 2.05) is 76.2 Å². The molecule has 27 heavy (non-hydrogen) atoms. The van der Waals surface area contributed by atoms with Crippen molar-refractivity contribution < 1.29 is 13.2 Å². The normalized spacial score (nSPS) is 11.5. The Bertz CT molecular complexity index is 893. The van der Waals surface area contributed by atoms with Gasteiger partial charge in [-0.25, -0.2) is 8.42 Å². The van der Waals surface area contributed by atoms with Crippen molar-refractivity contribution in [3.05, 3.63) is 59.7 Å². The summed E-state index contributed by atoms with van der Waals surface area (Å²) in [6, 6.07) is 15.0. The van der Waals surface area contributed by atoms with Gasteiger partial charge < -0.3 is 4.90 Å². The second kappa shape index (κ2) is 8.57. The predicted molar refractivity (Wildman–Crippen MR) is 112 cm³/mol. The third kappa shape index (κ3) is 4.89. The number of hydrogen-bond donors (Lipinski definition) is 0. The van der Waals surface area contributed by atoms with Crippen LogP contribution >= 0.6 is 0 Å². The van der Waals surface area contributed by atoms with Crippen LogP contribution in [0, 0.1) is 6.92 Å². The smallest absolute Gasteiger partial charge is 0.247 e. The lowest BCUT2D eigenvalue weighted by atomic mass is 9.98. The third-order valence-corrected chi connectivity index (χ3v) is 5.62. The van der Waals surface area contributed by atoms with Crippen LogP contribution in [0.4, 0.5) is 11.4 Å². The molecule has 1 amide bonds. The van der Waals surface area contributed by atoms with E-state index in [4.69, 9.17) is 0 Å². The highest BCUT2D eigenvalue weighted by molar-refractivity contribution is 7.92. The van der Waals surface area contributed by atoms with E-state index >= 15 is 0 Å². The molecule has 0 bridgehead atoms. The molecular formula is C21H28N2O3S. The SMILES string of the molecule is CCN(C(=O)CN(c1c(C)cccc1C(C)C)S(C)(=O)=O)c1ccccc1. The van der Waals surface area contributed by atoms with E-state index in [1.165, 1.54) is 4.31 Å². The van der Waals surface area contributed by atoms with Gasteiger partial charge in [0.25, 0.3) is 0 Å². The van der Waals surface area contributed by atoms with Crippen LogP contribution in [0.15, 0.2) is 48.5 Å². The number of carbonyl (C=O) groups excluding carboxylic acids is 1. The van der Waals surface area contributed by atoms with Crippen LogP contribution < -0.4 is 9.21 Å². The molecule has 0 radical (unpaired) electrons. The van der Waals surface area contributed by atoms with Crippen molar-refractivity contribution in [1.29, 1.82) is 0 Å². The number of benzene rings is 2. The van der Waals surface area contributed by atoms with Crippen LogP contribution in [0.3, 0.4) is 0 Å². The number of rotatable bonds is 7. The maximum Gasteiger partial charge on any atom is 0.247 e. The number of amides is 1. The first kappa shape index (κ1) is 21.0. The van der Waals surface area contributed by atoms with Gasteiger partial charge in [-0.15, -0.1) is 0 Å². The summed E-state index contributed by atoms with van der Waals surface area (Å²) in [6.45, 7) is 8.02. The summed E-state index contributed by atoms with van der Waals surface area (Å²) in [5, 5.41) is 0. The Kier molecular flexibility index (Phi) is 6.65. The fourth-order valence-electron chi connectivity index (χ4n) is 3.17. The highest BCUT2D eigenvalue weighted by Gasteiger charge is 2.27. The molecule has 0 unspecified atom stereocenters. The summed E-state index contributed by atoms with van der Waals surface area (Å²) in [5.41, 5.74) is 3.11. The summed E-state index contributed by atoms with van der Waals surface area (Å²) in [4.78, 5) is 14.6. The fourth-order valence-corrected chi connectivity index (χ4v) is 4.10. The van der Waals surface area contributed by atoms with Crippen molar-refractivity contribution in [2.24, 2.45) is 0 Å². The molecule has 0 aliphatic rings. The van der Waals surface area contributed by atoms with E-state index in [1.54, 1.807) is 4.90 Å². The molecule has 0 spiro atoms. The number of anilines is 2. The molecule has 0 aromatic heterocycles. The zero-order chi connectivity index (χ0) is 20.2. The first-order valence-corrected chi connectivity index (χ1v) is 10.9. The van der Waals surface area contributed by atoms with E-state index in [9.17, 15) is 13.2 Å². The Morgan fingerprint density at radius 1 is 1.04 bits per heavy atom. The quantitative estimate of drug-likeness (QED) is 0.722. The van der Waals surface area contributed by atoms with E-state index in [-0.39, 0.29) is 18.4 Å². The molecule has 0 atom stereocenters. The van der Waals surface area contributed by atoms with Crippen molar-refractivity contribution >= 4 is 27.3 Å². The van der Waals surface area contributed by atoms with Crippen LogP contribution in [0.2, 0.25) is 0 Å². The molecule has 2 aromatic rings. The van der Waals surface area contributed by atoms with Crippen LogP contribution in [0.1, 0.15) is 37.8 Å². The van der Waals surface area contributed by atoms with E-state index in [0.29, 0.717) is 12.2 Å². The average molecular weight is 389 g/mol. The molecule has 2 rings (SSSR count). The summed E-state index contributed by atoms with van der Waals surface area (Å²) < 4.78 is 26.4. The molecule has 2 aromatic carbocycles. The largest absolute Gasteiger partial charge is 0.311 e. The van der Waals surface area contributed by atoms with Gasteiger partial charge in [0.2, 0.25) is 15.9 Å². The molecule has 5 nitrogen and oxygen atoms in total. The van der Waals surface area contributed by atoms with Gasteiger partial charge in [0.05, 0.1) is 11.9 Å². The zero-order valence-electron chi connectivity index (χ0n) is 16.6. The van der Waals surface area contributed by atoms with E-state index < -0.39 is 10.0 Å². The summed E-state index contributed by atoms with van der Waals surface area (Å²) in [5.74, 6) is -0.122. The third-order valence-electron chi connectivity index (χ3n) is 4.50. The van der Waals surface area contributed by atoms with Crippen molar-refractivity contribution in [3.63, 3.8) is 0 Å². The first-order chi connectivity index (χ1) is 12.7. The standard InChI is InChI=1S/C21H28N2O3S/c1-6-22(18-12-8-7-9-13-18)20(24)15-23(27(5,25)26)21-17(4)11-10-14-19(21)16(2)3/h7-14,16H,6,15H2,1-5H3. The number of nitrogens with zero attached hydrogens (tertiary/aromatic N) is 2. The fraction of sp³-hybridized carbons (Fsp3) is 0.381. The highest BCUT2D eigenvalue weighted by Crippen LogP contribution is 2.32. The molecule has 0 saturated heterocycles. The number of likely N-dealkylation sites (N-methyl/N-ethyl adjacent to an activating group) is 1. The lowest BCUT2D eigenvalue weighted by Gasteiger charge is -2.30.